The van der Waals surface area contributed by atoms with E-state index in [1.54, 1.807) is 19.4 Å². The summed E-state index contributed by atoms with van der Waals surface area (Å²) in [7, 11) is 1.61. The number of hydrogen-bond acceptors (Lipinski definition) is 4. The highest BCUT2D eigenvalue weighted by Gasteiger charge is 2.03. The third-order valence-corrected chi connectivity index (χ3v) is 3.37. The highest BCUT2D eigenvalue weighted by atomic mass is 79.9. The maximum absolute atomic E-state index is 11.6. The third kappa shape index (κ3) is 4.89. The largest absolute Gasteiger partial charge is 0.497 e. The minimum atomic E-state index is -0.333. The van der Waals surface area contributed by atoms with Crippen molar-refractivity contribution in [2.45, 2.75) is 0 Å². The Hall–Kier alpha value is -2.34. The molecule has 0 aliphatic carbocycles. The van der Waals surface area contributed by atoms with Gasteiger partial charge in [0.05, 0.1) is 17.8 Å². The Morgan fingerprint density at radius 2 is 1.95 bits per heavy atom. The summed E-state index contributed by atoms with van der Waals surface area (Å²) in [6.07, 6.45) is 1.55. The summed E-state index contributed by atoms with van der Waals surface area (Å²) >= 11 is 3.34. The lowest BCUT2D eigenvalue weighted by Gasteiger charge is -2.06. The molecule has 0 heterocycles. The molecule has 6 heteroatoms. The van der Waals surface area contributed by atoms with Crippen LogP contribution in [0.3, 0.4) is 0 Å². The number of amides is 1. The van der Waals surface area contributed by atoms with E-state index in [0.29, 0.717) is 5.75 Å². The Morgan fingerprint density at radius 1 is 1.23 bits per heavy atom. The van der Waals surface area contributed by atoms with Crippen LogP contribution in [0.25, 0.3) is 0 Å². The summed E-state index contributed by atoms with van der Waals surface area (Å²) in [5, 5.41) is 3.87. The molecule has 0 saturated carbocycles. The topological polar surface area (TPSA) is 59.9 Å². The van der Waals surface area contributed by atoms with Gasteiger partial charge in [-0.15, -0.1) is 0 Å². The van der Waals surface area contributed by atoms with Crippen LogP contribution >= 0.6 is 15.9 Å². The van der Waals surface area contributed by atoms with E-state index < -0.39 is 0 Å². The van der Waals surface area contributed by atoms with Gasteiger partial charge in [-0.2, -0.15) is 5.10 Å². The zero-order valence-corrected chi connectivity index (χ0v) is 13.5. The van der Waals surface area contributed by atoms with Gasteiger partial charge < -0.3 is 9.47 Å². The lowest BCUT2D eigenvalue weighted by molar-refractivity contribution is -0.123. The van der Waals surface area contributed by atoms with Gasteiger partial charge in [0.25, 0.3) is 5.91 Å². The van der Waals surface area contributed by atoms with Crippen LogP contribution in [0, 0.1) is 0 Å². The molecule has 0 aliphatic rings. The van der Waals surface area contributed by atoms with Crippen molar-refractivity contribution < 1.29 is 14.3 Å². The Balaban J connectivity index is 1.79. The van der Waals surface area contributed by atoms with Crippen LogP contribution in [0.4, 0.5) is 0 Å². The van der Waals surface area contributed by atoms with Gasteiger partial charge in [-0.25, -0.2) is 5.43 Å². The molecule has 1 amide bonds. The Bertz CT molecular complexity index is 657. The molecular weight excluding hydrogens is 348 g/mol. The van der Waals surface area contributed by atoms with E-state index in [1.165, 1.54) is 0 Å². The van der Waals surface area contributed by atoms with Crippen LogP contribution in [0.5, 0.6) is 11.5 Å². The van der Waals surface area contributed by atoms with E-state index in [-0.39, 0.29) is 12.5 Å². The van der Waals surface area contributed by atoms with Crippen LogP contribution in [0.1, 0.15) is 5.56 Å². The SMILES string of the molecule is COc1ccc(C=NNC(=O)COc2ccccc2Br)cc1. The number of nitrogens with one attached hydrogen (secondary N) is 1. The van der Waals surface area contributed by atoms with Crippen molar-refractivity contribution in [2.24, 2.45) is 5.10 Å². The molecule has 0 saturated heterocycles. The molecule has 0 spiro atoms. The van der Waals surface area contributed by atoms with Gasteiger partial charge in [-0.05, 0) is 57.9 Å². The van der Waals surface area contributed by atoms with Crippen molar-refractivity contribution in [1.29, 1.82) is 0 Å². The molecule has 0 radical (unpaired) electrons. The summed E-state index contributed by atoms with van der Waals surface area (Å²) in [6.45, 7) is -0.109. The van der Waals surface area contributed by atoms with Crippen LogP contribution in [0.2, 0.25) is 0 Å². The summed E-state index contributed by atoms with van der Waals surface area (Å²) in [4.78, 5) is 11.6. The van der Waals surface area contributed by atoms with E-state index in [2.05, 4.69) is 26.5 Å². The van der Waals surface area contributed by atoms with Gasteiger partial charge in [-0.3, -0.25) is 4.79 Å². The standard InChI is InChI=1S/C16H15BrN2O3/c1-21-13-8-6-12(7-9-13)10-18-19-16(20)11-22-15-5-3-2-4-14(15)17/h2-10H,11H2,1H3,(H,19,20). The van der Waals surface area contributed by atoms with Gasteiger partial charge in [0.15, 0.2) is 6.61 Å². The van der Waals surface area contributed by atoms with Crippen molar-refractivity contribution in [3.05, 3.63) is 58.6 Å². The number of rotatable bonds is 6. The quantitative estimate of drug-likeness (QED) is 0.634. The second kappa shape index (κ2) is 8.19. The molecule has 5 nitrogen and oxygen atoms in total. The molecule has 1 N–H and O–H groups in total. The molecule has 2 aromatic carbocycles. The summed E-state index contributed by atoms with van der Waals surface area (Å²) < 4.78 is 11.2. The van der Waals surface area contributed by atoms with Crippen molar-refractivity contribution >= 4 is 28.1 Å². The summed E-state index contributed by atoms with van der Waals surface area (Å²) in [5.41, 5.74) is 3.26. The monoisotopic (exact) mass is 362 g/mol. The number of nitrogens with zero attached hydrogens (tertiary/aromatic N) is 1. The van der Waals surface area contributed by atoms with Crippen molar-refractivity contribution in [3.8, 4) is 11.5 Å². The number of hydrazone groups is 1. The van der Waals surface area contributed by atoms with Crippen LogP contribution < -0.4 is 14.9 Å². The molecule has 0 aliphatic heterocycles. The normalized spacial score (nSPS) is 10.5. The fourth-order valence-electron chi connectivity index (χ4n) is 1.61. The van der Waals surface area contributed by atoms with Crippen LogP contribution in [0.15, 0.2) is 58.1 Å². The van der Waals surface area contributed by atoms with Gasteiger partial charge in [0.1, 0.15) is 11.5 Å². The Labute approximate surface area is 137 Å². The van der Waals surface area contributed by atoms with Crippen molar-refractivity contribution in [2.75, 3.05) is 13.7 Å². The molecule has 114 valence electrons. The number of carbonyl (C=O) groups is 1. The van der Waals surface area contributed by atoms with Gasteiger partial charge in [0.2, 0.25) is 0 Å². The average molecular weight is 363 g/mol. The number of hydrogen-bond donors (Lipinski definition) is 1. The fourth-order valence-corrected chi connectivity index (χ4v) is 2.01. The van der Waals surface area contributed by atoms with Gasteiger partial charge in [0, 0.05) is 0 Å². The first-order chi connectivity index (χ1) is 10.7. The average Bonchev–Trinajstić information content (AvgIpc) is 2.55. The molecule has 2 rings (SSSR count). The fraction of sp³-hybridized carbons (Fsp3) is 0.125. The first kappa shape index (κ1) is 16.0. The van der Waals surface area contributed by atoms with Gasteiger partial charge in [-0.1, -0.05) is 12.1 Å². The van der Waals surface area contributed by atoms with Crippen molar-refractivity contribution in [3.63, 3.8) is 0 Å². The lowest BCUT2D eigenvalue weighted by Crippen LogP contribution is -2.24. The number of methoxy groups -OCH3 is 1. The minimum absolute atomic E-state index is 0.109. The van der Waals surface area contributed by atoms with Gasteiger partial charge >= 0.3 is 0 Å². The van der Waals surface area contributed by atoms with E-state index in [0.717, 1.165) is 15.8 Å². The summed E-state index contributed by atoms with van der Waals surface area (Å²) in [5.74, 6) is 1.04. The Kier molecular flexibility index (Phi) is 5.97. The van der Waals surface area contributed by atoms with Crippen molar-refractivity contribution in [1.82, 2.24) is 5.43 Å². The molecule has 2 aromatic rings. The number of halogens is 1. The molecule has 0 bridgehead atoms. The van der Waals surface area contributed by atoms with E-state index in [1.807, 2.05) is 42.5 Å². The number of para-hydroxylation sites is 1. The highest BCUT2D eigenvalue weighted by Crippen LogP contribution is 2.23. The lowest BCUT2D eigenvalue weighted by atomic mass is 10.2. The molecular formula is C16H15BrN2O3. The van der Waals surface area contributed by atoms with E-state index in [4.69, 9.17) is 9.47 Å². The first-order valence-corrected chi connectivity index (χ1v) is 7.31. The molecule has 0 atom stereocenters. The molecule has 22 heavy (non-hydrogen) atoms. The predicted octanol–water partition coefficient (Wildman–Crippen LogP) is 2.99. The van der Waals surface area contributed by atoms with E-state index >= 15 is 0 Å². The molecule has 0 aromatic heterocycles. The van der Waals surface area contributed by atoms with Crippen LogP contribution in [-0.4, -0.2) is 25.8 Å². The second-order valence-corrected chi connectivity index (χ2v) is 5.14. The molecule has 0 fully saturated rings. The predicted molar refractivity (Wildman–Crippen MR) is 88.4 cm³/mol. The van der Waals surface area contributed by atoms with Crippen LogP contribution in [-0.2, 0) is 4.79 Å². The smallest absolute Gasteiger partial charge is 0.277 e. The number of carbonyl (C=O) groups excluding carboxylic acids is 1. The first-order valence-electron chi connectivity index (χ1n) is 6.52. The second-order valence-electron chi connectivity index (χ2n) is 4.29. The molecule has 0 unspecified atom stereocenters. The highest BCUT2D eigenvalue weighted by molar-refractivity contribution is 9.10. The zero-order valence-electron chi connectivity index (χ0n) is 12.0. The maximum Gasteiger partial charge on any atom is 0.277 e. The minimum Gasteiger partial charge on any atom is -0.497 e. The zero-order chi connectivity index (χ0) is 15.8. The Morgan fingerprint density at radius 3 is 2.64 bits per heavy atom. The number of benzene rings is 2. The summed E-state index contributed by atoms with van der Waals surface area (Å²) in [6, 6.07) is 14.6. The number of ether oxygens (including phenoxy) is 2. The maximum atomic E-state index is 11.6. The third-order valence-electron chi connectivity index (χ3n) is 2.71. The van der Waals surface area contributed by atoms with E-state index in [9.17, 15) is 4.79 Å².